The second-order valence-electron chi connectivity index (χ2n) is 5.78. The summed E-state index contributed by atoms with van der Waals surface area (Å²) in [6, 6.07) is 4.42. The van der Waals surface area contributed by atoms with Gasteiger partial charge in [0, 0.05) is 36.8 Å². The molecular weight excluding hydrogens is 320 g/mol. The molecule has 0 radical (unpaired) electrons. The topological polar surface area (TPSA) is 86.0 Å². The molecule has 1 saturated heterocycles. The molecule has 2 heterocycles. The van der Waals surface area contributed by atoms with E-state index < -0.39 is 22.9 Å². The summed E-state index contributed by atoms with van der Waals surface area (Å²) in [5, 5.41) is 0. The monoisotopic (exact) mass is 335 g/mol. The maximum Gasteiger partial charge on any atom is 0.325 e. The number of H-pyrrole nitrogens is 2. The number of halogens is 2. The van der Waals surface area contributed by atoms with Crippen LogP contribution < -0.4 is 11.2 Å². The number of aromatic nitrogens is 2. The number of nitrogens with one attached hydrogen (secondary N) is 2. The van der Waals surface area contributed by atoms with Crippen LogP contribution in [-0.4, -0.2) is 33.9 Å². The summed E-state index contributed by atoms with van der Waals surface area (Å²) in [6.45, 7) is 0.780. The van der Waals surface area contributed by atoms with Gasteiger partial charge >= 0.3 is 5.69 Å². The van der Waals surface area contributed by atoms with Crippen LogP contribution in [0, 0.1) is 11.6 Å². The van der Waals surface area contributed by atoms with Gasteiger partial charge in [0.1, 0.15) is 11.6 Å². The lowest BCUT2D eigenvalue weighted by Crippen LogP contribution is -2.31. The lowest BCUT2D eigenvalue weighted by molar-refractivity contribution is -0.129. The van der Waals surface area contributed by atoms with E-state index in [1.165, 1.54) is 12.1 Å². The minimum atomic E-state index is -0.752. The third-order valence-electron chi connectivity index (χ3n) is 4.12. The summed E-state index contributed by atoms with van der Waals surface area (Å²) >= 11 is 0. The highest BCUT2D eigenvalue weighted by Crippen LogP contribution is 2.25. The van der Waals surface area contributed by atoms with E-state index in [9.17, 15) is 23.2 Å². The van der Waals surface area contributed by atoms with Gasteiger partial charge in [-0.05, 0) is 18.1 Å². The smallest absolute Gasteiger partial charge is 0.325 e. The molecule has 1 unspecified atom stereocenters. The molecule has 1 aromatic carbocycles. The Morgan fingerprint density at radius 2 is 2.00 bits per heavy atom. The third kappa shape index (κ3) is 3.42. The minimum absolute atomic E-state index is 0.134. The van der Waals surface area contributed by atoms with Crippen molar-refractivity contribution >= 4 is 5.91 Å². The number of aromatic amines is 2. The minimum Gasteiger partial charge on any atom is -0.342 e. The molecule has 2 N–H and O–H groups in total. The summed E-state index contributed by atoms with van der Waals surface area (Å²) in [4.78, 5) is 41.2. The molecule has 1 aliphatic heterocycles. The van der Waals surface area contributed by atoms with Crippen molar-refractivity contribution < 1.29 is 13.6 Å². The average Bonchev–Trinajstić information content (AvgIpc) is 2.99. The normalized spacial score (nSPS) is 17.2. The largest absolute Gasteiger partial charge is 0.342 e. The zero-order chi connectivity index (χ0) is 17.3. The van der Waals surface area contributed by atoms with Gasteiger partial charge in [0.25, 0.3) is 5.56 Å². The van der Waals surface area contributed by atoms with E-state index in [1.54, 1.807) is 4.90 Å². The van der Waals surface area contributed by atoms with Crippen molar-refractivity contribution in [3.8, 4) is 0 Å². The Bertz CT molecular complexity index is 862. The summed E-state index contributed by atoms with van der Waals surface area (Å²) in [6.07, 6.45) is 0.432. The van der Waals surface area contributed by atoms with Gasteiger partial charge in [-0.2, -0.15) is 0 Å². The zero-order valence-electron chi connectivity index (χ0n) is 12.6. The lowest BCUT2D eigenvalue weighted by atomic mass is 10.1. The molecule has 24 heavy (non-hydrogen) atoms. The van der Waals surface area contributed by atoms with E-state index in [4.69, 9.17) is 0 Å². The van der Waals surface area contributed by atoms with Crippen molar-refractivity contribution in [1.82, 2.24) is 14.9 Å². The van der Waals surface area contributed by atoms with Crippen LogP contribution in [0.5, 0.6) is 0 Å². The fraction of sp³-hybridized carbons (Fsp3) is 0.312. The number of likely N-dealkylation sites (tertiary alicyclic amines) is 1. The highest BCUT2D eigenvalue weighted by molar-refractivity contribution is 5.79. The summed E-state index contributed by atoms with van der Waals surface area (Å²) in [7, 11) is 0. The van der Waals surface area contributed by atoms with Crippen LogP contribution in [-0.2, 0) is 11.2 Å². The van der Waals surface area contributed by atoms with Crippen molar-refractivity contribution in [3.63, 3.8) is 0 Å². The van der Waals surface area contributed by atoms with Gasteiger partial charge in [-0.3, -0.25) is 14.6 Å². The van der Waals surface area contributed by atoms with Crippen molar-refractivity contribution in [1.29, 1.82) is 0 Å². The second-order valence-corrected chi connectivity index (χ2v) is 5.78. The molecule has 3 rings (SSSR count). The molecule has 126 valence electrons. The van der Waals surface area contributed by atoms with Crippen LogP contribution in [0.15, 0.2) is 33.9 Å². The number of hydrogen-bond donors (Lipinski definition) is 2. The number of nitrogens with zero attached hydrogens (tertiary/aromatic N) is 1. The maximum absolute atomic E-state index is 13.6. The molecule has 6 nitrogen and oxygen atoms in total. The summed E-state index contributed by atoms with van der Waals surface area (Å²) in [5.41, 5.74) is -0.469. The van der Waals surface area contributed by atoms with Gasteiger partial charge in [-0.25, -0.2) is 13.6 Å². The van der Waals surface area contributed by atoms with E-state index in [0.717, 1.165) is 12.1 Å². The van der Waals surface area contributed by atoms with Gasteiger partial charge in [-0.1, -0.05) is 6.07 Å². The van der Waals surface area contributed by atoms with Gasteiger partial charge in [0.05, 0.1) is 6.42 Å². The zero-order valence-corrected chi connectivity index (χ0v) is 12.6. The number of carbonyl (C=O) groups is 1. The van der Waals surface area contributed by atoms with Crippen LogP contribution in [0.3, 0.4) is 0 Å². The molecule has 0 aliphatic carbocycles. The van der Waals surface area contributed by atoms with Crippen LogP contribution in [0.2, 0.25) is 0 Å². The molecule has 1 aliphatic rings. The Labute approximate surface area is 135 Å². The SMILES string of the molecule is O=C(Cc1ccc(F)cc1F)N1CCC(c2cc(=O)[nH]c(=O)[nH]2)C1. The fourth-order valence-electron chi connectivity index (χ4n) is 2.89. The standard InChI is InChI=1S/C16H15F2N3O3/c17-11-2-1-9(12(18)6-11)5-15(23)21-4-3-10(8-21)13-7-14(22)20-16(24)19-13/h1-2,6-7,10H,3-5,8H2,(H2,19,20,22,24). The molecule has 8 heteroatoms. The number of hydrogen-bond acceptors (Lipinski definition) is 3. The Morgan fingerprint density at radius 3 is 2.71 bits per heavy atom. The lowest BCUT2D eigenvalue weighted by Gasteiger charge is -2.17. The quantitative estimate of drug-likeness (QED) is 0.874. The first-order valence-electron chi connectivity index (χ1n) is 7.47. The van der Waals surface area contributed by atoms with Crippen molar-refractivity contribution in [2.75, 3.05) is 13.1 Å². The molecule has 0 bridgehead atoms. The molecule has 0 saturated carbocycles. The summed E-state index contributed by atoms with van der Waals surface area (Å²) < 4.78 is 26.5. The first-order valence-corrected chi connectivity index (χ1v) is 7.47. The Balaban J connectivity index is 1.69. The maximum atomic E-state index is 13.6. The van der Waals surface area contributed by atoms with E-state index in [0.29, 0.717) is 25.2 Å². The number of amides is 1. The van der Waals surface area contributed by atoms with E-state index in [-0.39, 0.29) is 23.8 Å². The molecular formula is C16H15F2N3O3. The molecule has 2 aromatic rings. The molecule has 1 atom stereocenters. The fourth-order valence-corrected chi connectivity index (χ4v) is 2.89. The Morgan fingerprint density at radius 1 is 1.21 bits per heavy atom. The Hall–Kier alpha value is -2.77. The predicted octanol–water partition coefficient (Wildman–Crippen LogP) is 0.900. The van der Waals surface area contributed by atoms with Gasteiger partial charge < -0.3 is 9.88 Å². The van der Waals surface area contributed by atoms with Gasteiger partial charge in [0.15, 0.2) is 0 Å². The van der Waals surface area contributed by atoms with Crippen molar-refractivity contribution in [2.45, 2.75) is 18.8 Å². The number of rotatable bonds is 3. The molecule has 1 amide bonds. The number of carbonyl (C=O) groups excluding carboxylic acids is 1. The first-order chi connectivity index (χ1) is 11.4. The molecule has 1 aromatic heterocycles. The van der Waals surface area contributed by atoms with E-state index in [2.05, 4.69) is 9.97 Å². The highest BCUT2D eigenvalue weighted by Gasteiger charge is 2.28. The summed E-state index contributed by atoms with van der Waals surface area (Å²) in [5.74, 6) is -1.88. The van der Waals surface area contributed by atoms with Crippen LogP contribution >= 0.6 is 0 Å². The number of benzene rings is 1. The van der Waals surface area contributed by atoms with Crippen LogP contribution in [0.25, 0.3) is 0 Å². The average molecular weight is 335 g/mol. The predicted molar refractivity (Wildman–Crippen MR) is 81.7 cm³/mol. The van der Waals surface area contributed by atoms with Gasteiger partial charge in [-0.15, -0.1) is 0 Å². The second kappa shape index (κ2) is 6.38. The van der Waals surface area contributed by atoms with Crippen LogP contribution in [0.1, 0.15) is 23.6 Å². The van der Waals surface area contributed by atoms with Gasteiger partial charge in [0.2, 0.25) is 5.91 Å². The van der Waals surface area contributed by atoms with E-state index in [1.807, 2.05) is 0 Å². The highest BCUT2D eigenvalue weighted by atomic mass is 19.1. The molecule has 0 spiro atoms. The van der Waals surface area contributed by atoms with Crippen LogP contribution in [0.4, 0.5) is 8.78 Å². The Kier molecular flexibility index (Phi) is 4.28. The van der Waals surface area contributed by atoms with Crippen molar-refractivity contribution in [2.24, 2.45) is 0 Å². The van der Waals surface area contributed by atoms with E-state index >= 15 is 0 Å². The first kappa shape index (κ1) is 16.1. The third-order valence-corrected chi connectivity index (χ3v) is 4.12. The molecule has 1 fully saturated rings. The van der Waals surface area contributed by atoms with Crippen molar-refractivity contribution in [3.05, 3.63) is 68.0 Å².